The van der Waals surface area contributed by atoms with E-state index in [0.29, 0.717) is 67.3 Å². The predicted octanol–water partition coefficient (Wildman–Crippen LogP) is 3.14. The van der Waals surface area contributed by atoms with Crippen LogP contribution in [-0.2, 0) is 10.9 Å². The molecule has 0 aliphatic carbocycles. The van der Waals surface area contributed by atoms with Crippen molar-refractivity contribution >= 4 is 23.2 Å². The third-order valence-corrected chi connectivity index (χ3v) is 5.67. The molecule has 1 aliphatic heterocycles. The number of amides is 1. The van der Waals surface area contributed by atoms with Crippen LogP contribution in [0.25, 0.3) is 11.4 Å². The Morgan fingerprint density at radius 3 is 2.65 bits per heavy atom. The molecular weight excluding hydrogens is 491 g/mol. The number of aromatic nitrogens is 4. The summed E-state index contributed by atoms with van der Waals surface area (Å²) < 4.78 is 44.4. The lowest BCUT2D eigenvalue weighted by Gasteiger charge is -2.28. The molecule has 1 amide bonds. The van der Waals surface area contributed by atoms with E-state index in [9.17, 15) is 23.1 Å². The molecule has 1 fully saturated rings. The average molecular weight is 518 g/mol. The summed E-state index contributed by atoms with van der Waals surface area (Å²) in [5, 5.41) is 22.0. The Morgan fingerprint density at radius 2 is 1.95 bits per heavy atom. The van der Waals surface area contributed by atoms with E-state index >= 15 is 0 Å². The van der Waals surface area contributed by atoms with Crippen LogP contribution in [0, 0.1) is 6.92 Å². The summed E-state index contributed by atoms with van der Waals surface area (Å²) in [5.41, 5.74) is 0.220. The van der Waals surface area contributed by atoms with Gasteiger partial charge < -0.3 is 25.4 Å². The maximum absolute atomic E-state index is 13.0. The van der Waals surface area contributed by atoms with Gasteiger partial charge in [-0.05, 0) is 37.6 Å². The molecule has 3 heterocycles. The van der Waals surface area contributed by atoms with Crippen LogP contribution in [0.3, 0.4) is 0 Å². The number of aryl methyl sites for hydroxylation is 1. The summed E-state index contributed by atoms with van der Waals surface area (Å²) in [7, 11) is 0. The number of alkyl halides is 3. The maximum Gasteiger partial charge on any atom is 0.418 e. The molecule has 196 valence electrons. The molecule has 1 aliphatic rings. The lowest BCUT2D eigenvalue weighted by Crippen LogP contribution is -2.37. The van der Waals surface area contributed by atoms with E-state index in [2.05, 4.69) is 30.7 Å². The Morgan fingerprint density at radius 1 is 1.19 bits per heavy atom. The fraction of sp³-hybridized carbons (Fsp3) is 0.375. The molecule has 0 spiro atoms. The topological polar surface area (TPSA) is 125 Å². The normalized spacial score (nSPS) is 14.8. The third-order valence-electron chi connectivity index (χ3n) is 5.67. The van der Waals surface area contributed by atoms with Crippen LogP contribution in [0.15, 0.2) is 36.5 Å². The molecule has 0 bridgehead atoms. The van der Waals surface area contributed by atoms with Crippen molar-refractivity contribution in [1.82, 2.24) is 20.2 Å². The molecule has 1 atom stereocenters. The van der Waals surface area contributed by atoms with Gasteiger partial charge in [0.05, 0.1) is 31.6 Å². The summed E-state index contributed by atoms with van der Waals surface area (Å²) in [6.45, 7) is 6.01. The largest absolute Gasteiger partial charge is 0.418 e. The van der Waals surface area contributed by atoms with Crippen molar-refractivity contribution in [2.24, 2.45) is 0 Å². The molecule has 1 aromatic carbocycles. The number of rotatable bonds is 7. The Kier molecular flexibility index (Phi) is 7.83. The number of nitrogens with zero attached hydrogens (tertiary/aromatic N) is 5. The van der Waals surface area contributed by atoms with Crippen LogP contribution in [0.2, 0.25) is 0 Å². The Hall–Kier alpha value is -3.84. The molecule has 4 rings (SSSR count). The van der Waals surface area contributed by atoms with Gasteiger partial charge in [-0.2, -0.15) is 18.3 Å². The monoisotopic (exact) mass is 517 g/mol. The molecule has 2 aromatic heterocycles. The Bertz CT molecular complexity index is 1270. The number of hydrogen-bond donors (Lipinski definition) is 3. The van der Waals surface area contributed by atoms with Crippen molar-refractivity contribution in [3.05, 3.63) is 53.3 Å². The van der Waals surface area contributed by atoms with Crippen molar-refractivity contribution in [3.8, 4) is 11.4 Å². The van der Waals surface area contributed by atoms with Gasteiger partial charge in [0.2, 0.25) is 0 Å². The highest BCUT2D eigenvalue weighted by Gasteiger charge is 2.32. The van der Waals surface area contributed by atoms with Crippen LogP contribution in [0.5, 0.6) is 0 Å². The quantitative estimate of drug-likeness (QED) is 0.433. The number of ether oxygens (including phenoxy) is 1. The third kappa shape index (κ3) is 6.49. The van der Waals surface area contributed by atoms with E-state index in [4.69, 9.17) is 9.72 Å². The molecule has 0 unspecified atom stereocenters. The second-order valence-corrected chi connectivity index (χ2v) is 8.57. The van der Waals surface area contributed by atoms with Crippen LogP contribution >= 0.6 is 0 Å². The number of hydrogen-bond acceptors (Lipinski definition) is 9. The lowest BCUT2D eigenvalue weighted by atomic mass is 10.1. The standard InChI is InChI=1S/C24H26F3N7O3/c1-14-3-4-17(30-23(36)19-9-16(12-28-33-19)24(25,26)27)10-18(14)22-31-20(29-15(2)13-35)11-21(32-22)34-5-7-37-8-6-34/h3-4,9-12,15,35H,5-8,13H2,1-2H3,(H,30,36)(H,29,31,32)/t15-/m1/s1. The zero-order chi connectivity index (χ0) is 26.6. The number of morpholine rings is 1. The SMILES string of the molecule is Cc1ccc(NC(=O)c2cc(C(F)(F)F)cnn2)cc1-c1nc(N[C@H](C)CO)cc(N2CCOCC2)n1. The zero-order valence-electron chi connectivity index (χ0n) is 20.2. The minimum absolute atomic E-state index is 0.0921. The van der Waals surface area contributed by atoms with E-state index in [0.717, 1.165) is 5.56 Å². The number of carbonyl (C=O) groups is 1. The van der Waals surface area contributed by atoms with Crippen LogP contribution < -0.4 is 15.5 Å². The molecule has 13 heteroatoms. The average Bonchev–Trinajstić information content (AvgIpc) is 2.89. The highest BCUT2D eigenvalue weighted by Crippen LogP contribution is 2.30. The first kappa shape index (κ1) is 26.2. The maximum atomic E-state index is 13.0. The minimum Gasteiger partial charge on any atom is -0.394 e. The first-order valence-corrected chi connectivity index (χ1v) is 11.6. The number of carbonyl (C=O) groups excluding carboxylic acids is 1. The summed E-state index contributed by atoms with van der Waals surface area (Å²) in [6.07, 6.45) is -4.09. The Labute approximate surface area is 210 Å². The van der Waals surface area contributed by atoms with E-state index < -0.39 is 23.3 Å². The number of halogens is 3. The highest BCUT2D eigenvalue weighted by molar-refractivity contribution is 6.03. The summed E-state index contributed by atoms with van der Waals surface area (Å²) in [5.74, 6) is 0.731. The molecule has 0 radical (unpaired) electrons. The fourth-order valence-electron chi connectivity index (χ4n) is 3.65. The molecule has 0 saturated carbocycles. The second kappa shape index (κ2) is 11.0. The molecule has 3 N–H and O–H groups in total. The van der Waals surface area contributed by atoms with E-state index in [1.807, 2.05) is 13.8 Å². The van der Waals surface area contributed by atoms with Gasteiger partial charge in [-0.25, -0.2) is 9.97 Å². The van der Waals surface area contributed by atoms with Gasteiger partial charge in [0.15, 0.2) is 11.5 Å². The second-order valence-electron chi connectivity index (χ2n) is 8.57. The summed E-state index contributed by atoms with van der Waals surface area (Å²) >= 11 is 0. The van der Waals surface area contributed by atoms with Gasteiger partial charge in [0.25, 0.3) is 5.91 Å². The van der Waals surface area contributed by atoms with Crippen molar-refractivity contribution < 1.29 is 27.8 Å². The van der Waals surface area contributed by atoms with Crippen LogP contribution in [0.4, 0.5) is 30.5 Å². The first-order chi connectivity index (χ1) is 17.6. The summed E-state index contributed by atoms with van der Waals surface area (Å²) in [4.78, 5) is 24.0. The van der Waals surface area contributed by atoms with E-state index in [-0.39, 0.29) is 12.6 Å². The number of aliphatic hydroxyl groups is 1. The van der Waals surface area contributed by atoms with Crippen molar-refractivity contribution in [1.29, 1.82) is 0 Å². The predicted molar refractivity (Wildman–Crippen MR) is 130 cm³/mol. The molecular formula is C24H26F3N7O3. The van der Waals surface area contributed by atoms with Gasteiger partial charge in [-0.1, -0.05) is 6.07 Å². The number of anilines is 3. The van der Waals surface area contributed by atoms with Gasteiger partial charge in [-0.3, -0.25) is 4.79 Å². The van der Waals surface area contributed by atoms with E-state index in [1.54, 1.807) is 24.3 Å². The van der Waals surface area contributed by atoms with Crippen LogP contribution in [-0.4, -0.2) is 70.1 Å². The van der Waals surface area contributed by atoms with Gasteiger partial charge in [0, 0.05) is 36.4 Å². The van der Waals surface area contributed by atoms with Crippen molar-refractivity contribution in [3.63, 3.8) is 0 Å². The molecule has 3 aromatic rings. The van der Waals surface area contributed by atoms with Crippen LogP contribution in [0.1, 0.15) is 28.5 Å². The lowest BCUT2D eigenvalue weighted by molar-refractivity contribution is -0.137. The zero-order valence-corrected chi connectivity index (χ0v) is 20.2. The highest BCUT2D eigenvalue weighted by atomic mass is 19.4. The molecule has 1 saturated heterocycles. The minimum atomic E-state index is -4.65. The smallest absolute Gasteiger partial charge is 0.394 e. The molecule has 10 nitrogen and oxygen atoms in total. The fourth-order valence-corrected chi connectivity index (χ4v) is 3.65. The molecule has 37 heavy (non-hydrogen) atoms. The van der Waals surface area contributed by atoms with Crippen molar-refractivity contribution in [2.75, 3.05) is 48.4 Å². The van der Waals surface area contributed by atoms with Gasteiger partial charge >= 0.3 is 6.18 Å². The van der Waals surface area contributed by atoms with Gasteiger partial charge in [0.1, 0.15) is 11.6 Å². The Balaban J connectivity index is 1.66. The van der Waals surface area contributed by atoms with E-state index in [1.165, 1.54) is 0 Å². The number of aliphatic hydroxyl groups excluding tert-OH is 1. The first-order valence-electron chi connectivity index (χ1n) is 11.6. The summed E-state index contributed by atoms with van der Waals surface area (Å²) in [6, 6.07) is 7.21. The van der Waals surface area contributed by atoms with Gasteiger partial charge in [-0.15, -0.1) is 5.10 Å². The number of benzene rings is 1. The number of nitrogens with one attached hydrogen (secondary N) is 2. The van der Waals surface area contributed by atoms with Crippen molar-refractivity contribution in [2.45, 2.75) is 26.1 Å².